The molecule has 0 radical (unpaired) electrons. The summed E-state index contributed by atoms with van der Waals surface area (Å²) in [5, 5.41) is 0. The van der Waals surface area contributed by atoms with Crippen molar-refractivity contribution in [2.75, 3.05) is 0 Å². The van der Waals surface area contributed by atoms with E-state index in [9.17, 15) is 18.8 Å². The van der Waals surface area contributed by atoms with Gasteiger partial charge in [-0.1, -0.05) is 6.07 Å². The molecule has 7 heteroatoms. The zero-order valence-electron chi connectivity index (χ0n) is 11.6. The van der Waals surface area contributed by atoms with Gasteiger partial charge in [0.25, 0.3) is 11.5 Å². The first-order valence-electron chi connectivity index (χ1n) is 6.56. The topological polar surface area (TPSA) is 80.2 Å². The van der Waals surface area contributed by atoms with E-state index < -0.39 is 17.6 Å². The summed E-state index contributed by atoms with van der Waals surface area (Å²) >= 11 is 0. The molecule has 0 aliphatic heterocycles. The molecule has 0 spiro atoms. The van der Waals surface area contributed by atoms with Gasteiger partial charge in [0.2, 0.25) is 5.91 Å². The summed E-state index contributed by atoms with van der Waals surface area (Å²) in [5.74, 6) is -1.44. The SMILES string of the molecule is O=C(CCn1ccccc1=O)NNC(=O)c1ccc(F)cc1. The largest absolute Gasteiger partial charge is 0.315 e. The first kappa shape index (κ1) is 15.4. The Morgan fingerprint density at radius 2 is 1.77 bits per heavy atom. The van der Waals surface area contributed by atoms with Gasteiger partial charge in [0.1, 0.15) is 5.82 Å². The average molecular weight is 303 g/mol. The number of hydrogen-bond acceptors (Lipinski definition) is 3. The van der Waals surface area contributed by atoms with Crippen molar-refractivity contribution in [1.82, 2.24) is 15.4 Å². The van der Waals surface area contributed by atoms with E-state index in [4.69, 9.17) is 0 Å². The third-order valence-corrected chi connectivity index (χ3v) is 2.90. The van der Waals surface area contributed by atoms with Crippen LogP contribution in [0.2, 0.25) is 0 Å². The number of aryl methyl sites for hydroxylation is 1. The standard InChI is InChI=1S/C15H14FN3O3/c16-12-6-4-11(5-7-12)15(22)18-17-13(20)8-10-19-9-2-1-3-14(19)21/h1-7,9H,8,10H2,(H,17,20)(H,18,22). The van der Waals surface area contributed by atoms with Gasteiger partial charge in [0, 0.05) is 30.8 Å². The monoisotopic (exact) mass is 303 g/mol. The molecule has 0 bridgehead atoms. The minimum absolute atomic E-state index is 0.0353. The lowest BCUT2D eigenvalue weighted by Gasteiger charge is -2.08. The van der Waals surface area contributed by atoms with E-state index in [-0.39, 0.29) is 24.1 Å². The molecule has 6 nitrogen and oxygen atoms in total. The van der Waals surface area contributed by atoms with Gasteiger partial charge in [-0.25, -0.2) is 4.39 Å². The molecule has 0 aliphatic carbocycles. The molecule has 1 aromatic carbocycles. The highest BCUT2D eigenvalue weighted by Gasteiger charge is 2.07. The lowest BCUT2D eigenvalue weighted by Crippen LogP contribution is -2.42. The summed E-state index contributed by atoms with van der Waals surface area (Å²) < 4.78 is 14.1. The van der Waals surface area contributed by atoms with Crippen LogP contribution in [0.4, 0.5) is 4.39 Å². The molecule has 2 amide bonds. The predicted octanol–water partition coefficient (Wildman–Crippen LogP) is 0.839. The van der Waals surface area contributed by atoms with Gasteiger partial charge in [-0.05, 0) is 30.3 Å². The Morgan fingerprint density at radius 3 is 2.45 bits per heavy atom. The average Bonchev–Trinajstić information content (AvgIpc) is 2.52. The van der Waals surface area contributed by atoms with E-state index >= 15 is 0 Å². The highest BCUT2D eigenvalue weighted by Crippen LogP contribution is 2.01. The van der Waals surface area contributed by atoms with Crippen molar-refractivity contribution in [1.29, 1.82) is 0 Å². The number of pyridine rings is 1. The maximum absolute atomic E-state index is 12.7. The summed E-state index contributed by atoms with van der Waals surface area (Å²) in [7, 11) is 0. The van der Waals surface area contributed by atoms with Crippen molar-refractivity contribution in [3.63, 3.8) is 0 Å². The highest BCUT2D eigenvalue weighted by atomic mass is 19.1. The number of halogens is 1. The van der Waals surface area contributed by atoms with Gasteiger partial charge in [-0.15, -0.1) is 0 Å². The van der Waals surface area contributed by atoms with Crippen LogP contribution in [0, 0.1) is 5.82 Å². The third kappa shape index (κ3) is 4.27. The Kier molecular flexibility index (Phi) is 5.02. The van der Waals surface area contributed by atoms with Crippen molar-refractivity contribution in [2.24, 2.45) is 0 Å². The number of nitrogens with one attached hydrogen (secondary N) is 2. The van der Waals surface area contributed by atoms with Crippen LogP contribution >= 0.6 is 0 Å². The van der Waals surface area contributed by atoms with Gasteiger partial charge in [0.15, 0.2) is 0 Å². The molecule has 2 N–H and O–H groups in total. The fourth-order valence-electron chi connectivity index (χ4n) is 1.73. The Hall–Kier alpha value is -2.96. The number of hydrogen-bond donors (Lipinski definition) is 2. The summed E-state index contributed by atoms with van der Waals surface area (Å²) in [6.07, 6.45) is 1.61. The van der Waals surface area contributed by atoms with Crippen molar-refractivity contribution >= 4 is 11.8 Å². The Morgan fingerprint density at radius 1 is 1.05 bits per heavy atom. The van der Waals surface area contributed by atoms with Crippen molar-refractivity contribution in [3.8, 4) is 0 Å². The number of carbonyl (C=O) groups is 2. The van der Waals surface area contributed by atoms with Crippen molar-refractivity contribution in [2.45, 2.75) is 13.0 Å². The maximum Gasteiger partial charge on any atom is 0.269 e. The third-order valence-electron chi connectivity index (χ3n) is 2.90. The van der Waals surface area contributed by atoms with Crippen LogP contribution in [0.1, 0.15) is 16.8 Å². The lowest BCUT2D eigenvalue weighted by atomic mass is 10.2. The minimum Gasteiger partial charge on any atom is -0.315 e. The molecule has 2 rings (SSSR count). The van der Waals surface area contributed by atoms with Gasteiger partial charge >= 0.3 is 0 Å². The number of hydrazine groups is 1. The summed E-state index contributed by atoms with van der Waals surface area (Å²) in [6.45, 7) is 0.206. The van der Waals surface area contributed by atoms with Crippen LogP contribution in [0.25, 0.3) is 0 Å². The smallest absolute Gasteiger partial charge is 0.269 e. The molecule has 1 heterocycles. The summed E-state index contributed by atoms with van der Waals surface area (Å²) in [6, 6.07) is 9.61. The van der Waals surface area contributed by atoms with E-state index in [1.807, 2.05) is 0 Å². The van der Waals surface area contributed by atoms with E-state index in [0.29, 0.717) is 0 Å². The fourth-order valence-corrected chi connectivity index (χ4v) is 1.73. The fraction of sp³-hybridized carbons (Fsp3) is 0.133. The molecular weight excluding hydrogens is 289 g/mol. The van der Waals surface area contributed by atoms with E-state index in [1.54, 1.807) is 18.3 Å². The zero-order valence-corrected chi connectivity index (χ0v) is 11.6. The minimum atomic E-state index is -0.551. The van der Waals surface area contributed by atoms with Crippen LogP contribution in [-0.2, 0) is 11.3 Å². The maximum atomic E-state index is 12.7. The lowest BCUT2D eigenvalue weighted by molar-refractivity contribution is -0.122. The van der Waals surface area contributed by atoms with Gasteiger partial charge in [0.05, 0.1) is 0 Å². The zero-order chi connectivity index (χ0) is 15.9. The van der Waals surface area contributed by atoms with Crippen LogP contribution < -0.4 is 16.4 Å². The Bertz CT molecular complexity index is 725. The number of rotatable bonds is 4. The molecule has 0 aliphatic rings. The molecule has 22 heavy (non-hydrogen) atoms. The highest BCUT2D eigenvalue weighted by molar-refractivity contribution is 5.95. The molecule has 1 aromatic heterocycles. The first-order valence-corrected chi connectivity index (χ1v) is 6.56. The first-order chi connectivity index (χ1) is 10.6. The second kappa shape index (κ2) is 7.16. The quantitative estimate of drug-likeness (QED) is 0.821. The van der Waals surface area contributed by atoms with Crippen molar-refractivity contribution < 1.29 is 14.0 Å². The van der Waals surface area contributed by atoms with Gasteiger partial charge < -0.3 is 4.57 Å². The Labute approximate surface area is 125 Å². The van der Waals surface area contributed by atoms with Crippen LogP contribution in [0.3, 0.4) is 0 Å². The van der Waals surface area contributed by atoms with Crippen LogP contribution in [-0.4, -0.2) is 16.4 Å². The van der Waals surface area contributed by atoms with E-state index in [2.05, 4.69) is 10.9 Å². The van der Waals surface area contributed by atoms with E-state index in [0.717, 1.165) is 12.1 Å². The number of carbonyl (C=O) groups excluding carboxylic acids is 2. The number of benzene rings is 1. The van der Waals surface area contributed by atoms with Crippen LogP contribution in [0.15, 0.2) is 53.5 Å². The second-order valence-electron chi connectivity index (χ2n) is 4.49. The molecular formula is C15H14FN3O3. The molecule has 0 saturated carbocycles. The molecule has 114 valence electrons. The number of amides is 2. The molecule has 0 atom stereocenters. The van der Waals surface area contributed by atoms with Crippen molar-refractivity contribution in [3.05, 3.63) is 70.4 Å². The van der Waals surface area contributed by atoms with E-state index in [1.165, 1.54) is 22.8 Å². The molecule has 0 saturated heterocycles. The molecule has 0 fully saturated rings. The number of aromatic nitrogens is 1. The Balaban J connectivity index is 1.80. The second-order valence-corrected chi connectivity index (χ2v) is 4.49. The number of nitrogens with zero attached hydrogens (tertiary/aromatic N) is 1. The van der Waals surface area contributed by atoms with Gasteiger partial charge in [-0.3, -0.25) is 25.2 Å². The summed E-state index contributed by atoms with van der Waals surface area (Å²) in [4.78, 5) is 34.7. The predicted molar refractivity (Wildman–Crippen MR) is 77.3 cm³/mol. The molecule has 2 aromatic rings. The normalized spacial score (nSPS) is 10.0. The molecule has 0 unspecified atom stereocenters. The van der Waals surface area contributed by atoms with Crippen LogP contribution in [0.5, 0.6) is 0 Å². The summed E-state index contributed by atoms with van der Waals surface area (Å²) in [5.41, 5.74) is 4.48. The van der Waals surface area contributed by atoms with Gasteiger partial charge in [-0.2, -0.15) is 0 Å².